The molecule has 0 bridgehead atoms. The summed E-state index contributed by atoms with van der Waals surface area (Å²) in [5.41, 5.74) is 9.27. The Balaban J connectivity index is 2.94. The predicted octanol–water partition coefficient (Wildman–Crippen LogP) is -6.23. The molecule has 222 valence electrons. The maximum absolute atomic E-state index is 13.0. The molecule has 0 unspecified atom stereocenters. The molecule has 40 heavy (non-hydrogen) atoms. The molecule has 1 aromatic carbocycles. The summed E-state index contributed by atoms with van der Waals surface area (Å²) >= 11 is 0. The lowest BCUT2D eigenvalue weighted by atomic mass is 10.0. The van der Waals surface area contributed by atoms with Gasteiger partial charge in [0.25, 0.3) is 5.91 Å². The Kier molecular flexibility index (Phi) is 14.2. The van der Waals surface area contributed by atoms with Gasteiger partial charge in [-0.2, -0.15) is 0 Å². The van der Waals surface area contributed by atoms with E-state index in [0.29, 0.717) is 5.56 Å². The second kappa shape index (κ2) is 16.8. The normalized spacial score (nSPS) is 15.2. The van der Waals surface area contributed by atoms with Crippen molar-refractivity contribution in [3.8, 4) is 0 Å². The van der Waals surface area contributed by atoms with E-state index in [0.717, 1.165) is 0 Å². The Bertz CT molecular complexity index is 1040. The van der Waals surface area contributed by atoms with Gasteiger partial charge in [-0.3, -0.25) is 28.8 Å². The number of amides is 6. The van der Waals surface area contributed by atoms with E-state index in [2.05, 4.69) is 32.3 Å². The lowest BCUT2D eigenvalue weighted by Crippen LogP contribution is -2.68. The zero-order chi connectivity index (χ0) is 30.4. The van der Waals surface area contributed by atoms with Crippen LogP contribution in [0.5, 0.6) is 0 Å². The number of carbonyl (C=O) groups is 6. The lowest BCUT2D eigenvalue weighted by Gasteiger charge is -2.26. The maximum atomic E-state index is 13.0. The van der Waals surface area contributed by atoms with Gasteiger partial charge in [0, 0.05) is 6.42 Å². The van der Waals surface area contributed by atoms with Crippen LogP contribution >= 0.6 is 0 Å². The van der Waals surface area contributed by atoms with Gasteiger partial charge >= 0.3 is 0 Å². The van der Waals surface area contributed by atoms with Crippen molar-refractivity contribution in [2.75, 3.05) is 19.8 Å². The van der Waals surface area contributed by atoms with E-state index >= 15 is 0 Å². The fourth-order valence-electron chi connectivity index (χ4n) is 3.25. The Morgan fingerprint density at radius 3 is 1.70 bits per heavy atom. The average molecular weight is 569 g/mol. The summed E-state index contributed by atoms with van der Waals surface area (Å²) < 4.78 is 0. The number of nitrogens with one attached hydrogen (secondary N) is 5. The largest absolute Gasteiger partial charge is 0.394 e. The van der Waals surface area contributed by atoms with Gasteiger partial charge in [0.05, 0.1) is 25.9 Å². The van der Waals surface area contributed by atoms with E-state index in [1.807, 2.05) is 0 Å². The predicted molar refractivity (Wildman–Crippen MR) is 138 cm³/mol. The number of nitrogens with two attached hydrogens (primary N) is 1. The summed E-state index contributed by atoms with van der Waals surface area (Å²) in [6, 6.07) is 2.08. The van der Waals surface area contributed by atoms with Gasteiger partial charge in [-0.15, -0.1) is 0 Å². The van der Waals surface area contributed by atoms with Crippen LogP contribution in [0.2, 0.25) is 0 Å². The number of carbonyl (C=O) groups excluding carboxylic acids is 6. The summed E-state index contributed by atoms with van der Waals surface area (Å²) in [5, 5.41) is 40.5. The molecule has 0 aliphatic carbocycles. The quantitative estimate of drug-likeness (QED) is 0.0906. The van der Waals surface area contributed by atoms with Crippen molar-refractivity contribution in [2.45, 2.75) is 56.6 Å². The minimum atomic E-state index is -1.66. The summed E-state index contributed by atoms with van der Waals surface area (Å²) in [6.07, 6.45) is -1.38. The summed E-state index contributed by atoms with van der Waals surface area (Å²) in [7, 11) is 0. The molecule has 0 fully saturated rings. The molecule has 13 N–H and O–H groups in total. The van der Waals surface area contributed by atoms with Gasteiger partial charge in [-0.1, -0.05) is 30.3 Å². The summed E-state index contributed by atoms with van der Waals surface area (Å²) in [4.78, 5) is 73.7. The highest BCUT2D eigenvalue weighted by molar-refractivity contribution is 5.96. The number of hydrogen-bond donors (Lipinski definition) is 10. The van der Waals surface area contributed by atoms with Crippen LogP contribution in [-0.4, -0.2) is 107 Å². The molecule has 0 radical (unpaired) electrons. The van der Waals surface area contributed by atoms with E-state index in [-0.39, 0.29) is 6.42 Å². The van der Waals surface area contributed by atoms with Crippen LogP contribution < -0.4 is 38.1 Å². The molecule has 1 rings (SSSR count). The molecule has 0 spiro atoms. The zero-order valence-electron chi connectivity index (χ0n) is 22.3. The summed E-state index contributed by atoms with van der Waals surface area (Å²) in [5.74, 6) is -5.30. The minimum Gasteiger partial charge on any atom is -0.394 e. The SMILES string of the molecule is C[C@H]([NH3+])C(=O)N[C@@H](Cc1ccccc1)C(=O)N[C@@H](CO)C(=O)N[C@@H](CO)C(=O)N[C@H](C(=O)NCC(N)=O)[C@@H](C)O. The zero-order valence-corrected chi connectivity index (χ0v) is 22.3. The number of rotatable bonds is 16. The van der Waals surface area contributed by atoms with E-state index in [4.69, 9.17) is 5.73 Å². The van der Waals surface area contributed by atoms with Gasteiger partial charge < -0.3 is 53.4 Å². The number of benzene rings is 1. The molecule has 0 aromatic heterocycles. The van der Waals surface area contributed by atoms with Crippen LogP contribution in [0.25, 0.3) is 0 Å². The molecule has 0 saturated heterocycles. The Morgan fingerprint density at radius 2 is 1.25 bits per heavy atom. The van der Waals surface area contributed by atoms with Crippen LogP contribution in [0.3, 0.4) is 0 Å². The van der Waals surface area contributed by atoms with Crippen LogP contribution in [0.1, 0.15) is 19.4 Å². The minimum absolute atomic E-state index is 0.0606. The first-order chi connectivity index (χ1) is 18.8. The third kappa shape index (κ3) is 11.3. The van der Waals surface area contributed by atoms with Crippen molar-refractivity contribution in [2.24, 2.45) is 5.73 Å². The summed E-state index contributed by atoms with van der Waals surface area (Å²) in [6.45, 7) is 0.294. The smallest absolute Gasteiger partial charge is 0.278 e. The third-order valence-electron chi connectivity index (χ3n) is 5.49. The van der Waals surface area contributed by atoms with Gasteiger partial charge in [-0.05, 0) is 19.4 Å². The van der Waals surface area contributed by atoms with Crippen molar-refractivity contribution < 1.29 is 49.8 Å². The Morgan fingerprint density at radius 1 is 0.775 bits per heavy atom. The first-order valence-corrected chi connectivity index (χ1v) is 12.3. The van der Waals surface area contributed by atoms with Crippen LogP contribution in [0.4, 0.5) is 0 Å². The topological polar surface area (TPSA) is 277 Å². The van der Waals surface area contributed by atoms with Crippen LogP contribution in [-0.2, 0) is 35.2 Å². The highest BCUT2D eigenvalue weighted by atomic mass is 16.3. The Labute approximate surface area is 230 Å². The fraction of sp³-hybridized carbons (Fsp3) is 0.500. The molecule has 0 heterocycles. The molecule has 1 aromatic rings. The number of quaternary nitrogens is 1. The van der Waals surface area contributed by atoms with E-state index in [9.17, 15) is 44.1 Å². The second-order valence-corrected chi connectivity index (χ2v) is 9.05. The standard InChI is InChI=1S/C24H37N7O9/c1-12(25)20(36)28-15(8-14-6-4-3-5-7-14)21(37)29-16(10-32)22(38)30-17(11-33)23(39)31-19(13(2)34)24(40)27-9-18(26)35/h3-7,12-13,15-17,19,32-34H,8-11,25H2,1-2H3,(H2,26,35)(H,27,40)(H,28,36)(H,29,37)(H,30,38)(H,31,39)/p+1/t12-,13+,15-,16-,17-,19-/m0/s1. The maximum Gasteiger partial charge on any atom is 0.278 e. The van der Waals surface area contributed by atoms with E-state index < -0.39 is 91.5 Å². The molecular weight excluding hydrogens is 530 g/mol. The fourth-order valence-corrected chi connectivity index (χ4v) is 3.25. The first-order valence-electron chi connectivity index (χ1n) is 12.3. The molecule has 6 amide bonds. The van der Waals surface area contributed by atoms with E-state index in [1.165, 1.54) is 13.8 Å². The number of aliphatic hydroxyl groups excluding tert-OH is 3. The van der Waals surface area contributed by atoms with Crippen LogP contribution in [0, 0.1) is 0 Å². The molecule has 6 atom stereocenters. The van der Waals surface area contributed by atoms with Crippen molar-refractivity contribution in [3.63, 3.8) is 0 Å². The molecule has 16 nitrogen and oxygen atoms in total. The Hall–Kier alpha value is -4.12. The lowest BCUT2D eigenvalue weighted by molar-refractivity contribution is -0.398. The first kappa shape index (κ1) is 33.9. The van der Waals surface area contributed by atoms with Gasteiger partial charge in [0.2, 0.25) is 29.5 Å². The highest BCUT2D eigenvalue weighted by Crippen LogP contribution is 2.05. The van der Waals surface area contributed by atoms with Crippen molar-refractivity contribution >= 4 is 35.4 Å². The molecule has 0 aliphatic rings. The number of aliphatic hydroxyl groups is 3. The molecule has 16 heteroatoms. The molecular formula is C24H38N7O9+. The average Bonchev–Trinajstić information content (AvgIpc) is 2.91. The van der Waals surface area contributed by atoms with Gasteiger partial charge in [0.15, 0.2) is 6.04 Å². The van der Waals surface area contributed by atoms with Crippen molar-refractivity contribution in [3.05, 3.63) is 35.9 Å². The monoisotopic (exact) mass is 568 g/mol. The van der Waals surface area contributed by atoms with E-state index in [1.54, 1.807) is 30.3 Å². The number of hydrogen-bond acceptors (Lipinski definition) is 9. The second-order valence-electron chi connectivity index (χ2n) is 9.05. The van der Waals surface area contributed by atoms with Crippen molar-refractivity contribution in [1.82, 2.24) is 26.6 Å². The molecule has 0 saturated carbocycles. The third-order valence-corrected chi connectivity index (χ3v) is 5.49. The molecule has 0 aliphatic heterocycles. The van der Waals surface area contributed by atoms with Crippen LogP contribution in [0.15, 0.2) is 30.3 Å². The van der Waals surface area contributed by atoms with Crippen molar-refractivity contribution in [1.29, 1.82) is 0 Å². The number of primary amides is 1. The van der Waals surface area contributed by atoms with Gasteiger partial charge in [-0.25, -0.2) is 0 Å². The highest BCUT2D eigenvalue weighted by Gasteiger charge is 2.32. The van der Waals surface area contributed by atoms with Gasteiger partial charge in [0.1, 0.15) is 24.2 Å².